The molecule has 146 valence electrons. The van der Waals surface area contributed by atoms with Crippen LogP contribution in [-0.4, -0.2) is 53.7 Å². The van der Waals surface area contributed by atoms with Gasteiger partial charge in [-0.2, -0.15) is 11.3 Å². The molecule has 2 heterocycles. The molecule has 1 amide bonds. The highest BCUT2D eigenvalue weighted by atomic mass is 32.1. The summed E-state index contributed by atoms with van der Waals surface area (Å²) in [6.07, 6.45) is 1.09. The van der Waals surface area contributed by atoms with E-state index >= 15 is 0 Å². The molecule has 0 unspecified atom stereocenters. The highest BCUT2D eigenvalue weighted by molar-refractivity contribution is 7.07. The van der Waals surface area contributed by atoms with Crippen LogP contribution in [0.2, 0.25) is 0 Å². The molecule has 1 aromatic heterocycles. The number of thiophene rings is 1. The zero-order valence-corrected chi connectivity index (χ0v) is 16.5. The molecule has 1 atom stereocenters. The number of aliphatic hydroxyl groups is 1. The van der Waals surface area contributed by atoms with E-state index in [4.69, 9.17) is 4.74 Å². The minimum absolute atomic E-state index is 0.123. The third-order valence-electron chi connectivity index (χ3n) is 4.88. The molecule has 1 saturated heterocycles. The second-order valence-electron chi connectivity index (χ2n) is 7.12. The molecular formula is C20H25FN2O3S. The number of methoxy groups -OCH3 is 1. The van der Waals surface area contributed by atoms with Crippen molar-refractivity contribution in [2.45, 2.75) is 31.5 Å². The Kier molecular flexibility index (Phi) is 6.14. The van der Waals surface area contributed by atoms with Gasteiger partial charge >= 0.3 is 0 Å². The van der Waals surface area contributed by atoms with Crippen LogP contribution in [0, 0.1) is 5.82 Å². The normalized spacial score (nSPS) is 20.3. The van der Waals surface area contributed by atoms with Crippen molar-refractivity contribution in [3.8, 4) is 5.75 Å². The molecule has 3 rings (SSSR count). The first-order valence-corrected chi connectivity index (χ1v) is 9.89. The van der Waals surface area contributed by atoms with E-state index in [2.05, 4.69) is 5.38 Å². The number of rotatable bonds is 7. The van der Waals surface area contributed by atoms with Gasteiger partial charge in [-0.25, -0.2) is 4.39 Å². The molecular weight excluding hydrogens is 367 g/mol. The number of hydrogen-bond acceptors (Lipinski definition) is 5. The molecule has 2 aromatic rings. The van der Waals surface area contributed by atoms with Crippen LogP contribution in [0.15, 0.2) is 35.0 Å². The summed E-state index contributed by atoms with van der Waals surface area (Å²) in [5.74, 6) is -0.179. The van der Waals surface area contributed by atoms with E-state index < -0.39 is 5.60 Å². The van der Waals surface area contributed by atoms with Crippen molar-refractivity contribution in [1.82, 2.24) is 9.80 Å². The summed E-state index contributed by atoms with van der Waals surface area (Å²) in [4.78, 5) is 16.4. The maximum absolute atomic E-state index is 14.1. The largest absolute Gasteiger partial charge is 0.497 e. The zero-order chi connectivity index (χ0) is 19.4. The minimum Gasteiger partial charge on any atom is -0.497 e. The topological polar surface area (TPSA) is 53.0 Å². The lowest BCUT2D eigenvalue weighted by Crippen LogP contribution is -2.57. The van der Waals surface area contributed by atoms with Crippen LogP contribution in [0.3, 0.4) is 0 Å². The molecule has 0 bridgehead atoms. The highest BCUT2D eigenvalue weighted by Crippen LogP contribution is 2.27. The van der Waals surface area contributed by atoms with Crippen molar-refractivity contribution in [2.24, 2.45) is 0 Å². The monoisotopic (exact) mass is 392 g/mol. The summed E-state index contributed by atoms with van der Waals surface area (Å²) in [6.45, 7) is 1.55. The van der Waals surface area contributed by atoms with Crippen molar-refractivity contribution >= 4 is 17.2 Å². The molecule has 1 fully saturated rings. The molecule has 1 aromatic carbocycles. The second-order valence-corrected chi connectivity index (χ2v) is 7.90. The number of carbonyl (C=O) groups is 1. The maximum atomic E-state index is 14.1. The SMILES string of the molecule is COc1ccc(F)c(CN2CCC[C@@](O)(CN(C)Cc3ccsc3)C2=O)c1. The maximum Gasteiger partial charge on any atom is 0.256 e. The highest BCUT2D eigenvalue weighted by Gasteiger charge is 2.43. The average Bonchev–Trinajstić information content (AvgIpc) is 3.13. The number of hydrogen-bond donors (Lipinski definition) is 1. The molecule has 1 N–H and O–H groups in total. The van der Waals surface area contributed by atoms with Gasteiger partial charge in [-0.1, -0.05) is 0 Å². The standard InChI is InChI=1S/C20H25FN2O3S/c1-22(11-15-6-9-27-13-15)14-20(25)7-3-8-23(19(20)24)12-16-10-17(26-2)4-5-18(16)21/h4-6,9-10,13,25H,3,7-8,11-12,14H2,1-2H3/t20-/m1/s1. The van der Waals surface area contributed by atoms with E-state index in [1.807, 2.05) is 23.4 Å². The molecule has 0 saturated carbocycles. The van der Waals surface area contributed by atoms with Crippen LogP contribution < -0.4 is 4.74 Å². The van der Waals surface area contributed by atoms with Gasteiger partial charge in [-0.15, -0.1) is 0 Å². The fourth-order valence-electron chi connectivity index (χ4n) is 3.56. The minimum atomic E-state index is -1.45. The quantitative estimate of drug-likeness (QED) is 0.787. The van der Waals surface area contributed by atoms with Gasteiger partial charge < -0.3 is 14.7 Å². The van der Waals surface area contributed by atoms with Crippen LogP contribution in [0.4, 0.5) is 4.39 Å². The molecule has 5 nitrogen and oxygen atoms in total. The molecule has 0 radical (unpaired) electrons. The number of likely N-dealkylation sites (tertiary alicyclic amines) is 1. The fourth-order valence-corrected chi connectivity index (χ4v) is 4.22. The molecule has 0 spiro atoms. The Morgan fingerprint density at radius 3 is 2.93 bits per heavy atom. The number of ether oxygens (including phenoxy) is 1. The number of likely N-dealkylation sites (N-methyl/N-ethyl adjacent to an activating group) is 1. The second kappa shape index (κ2) is 8.37. The van der Waals surface area contributed by atoms with Gasteiger partial charge in [-0.3, -0.25) is 9.69 Å². The van der Waals surface area contributed by atoms with E-state index in [9.17, 15) is 14.3 Å². The van der Waals surface area contributed by atoms with E-state index in [0.29, 0.717) is 37.2 Å². The van der Waals surface area contributed by atoms with Crippen LogP contribution in [0.1, 0.15) is 24.0 Å². The molecule has 27 heavy (non-hydrogen) atoms. The summed E-state index contributed by atoms with van der Waals surface area (Å²) >= 11 is 1.62. The van der Waals surface area contributed by atoms with Gasteiger partial charge in [0.1, 0.15) is 11.6 Å². The number of piperidine rings is 1. The van der Waals surface area contributed by atoms with Gasteiger partial charge in [0.05, 0.1) is 7.11 Å². The Morgan fingerprint density at radius 1 is 1.41 bits per heavy atom. The summed E-state index contributed by atoms with van der Waals surface area (Å²) in [5, 5.41) is 15.1. The third kappa shape index (κ3) is 4.66. The van der Waals surface area contributed by atoms with Crippen molar-refractivity contribution in [3.05, 3.63) is 52.0 Å². The Hall–Kier alpha value is -1.96. The Balaban J connectivity index is 1.69. The van der Waals surface area contributed by atoms with Gasteiger partial charge in [-0.05, 0) is 60.5 Å². The van der Waals surface area contributed by atoms with Gasteiger partial charge in [0.25, 0.3) is 5.91 Å². The third-order valence-corrected chi connectivity index (χ3v) is 5.61. The number of carbonyl (C=O) groups excluding carboxylic acids is 1. The average molecular weight is 392 g/mol. The lowest BCUT2D eigenvalue weighted by atomic mass is 9.90. The number of halogens is 1. The zero-order valence-electron chi connectivity index (χ0n) is 15.7. The summed E-state index contributed by atoms with van der Waals surface area (Å²) in [7, 11) is 3.41. The Bertz CT molecular complexity index is 784. The van der Waals surface area contributed by atoms with Gasteiger partial charge in [0, 0.05) is 31.7 Å². The predicted octanol–water partition coefficient (Wildman–Crippen LogP) is 2.88. The molecule has 1 aliphatic heterocycles. The summed E-state index contributed by atoms with van der Waals surface area (Å²) < 4.78 is 19.3. The van der Waals surface area contributed by atoms with Crippen molar-refractivity contribution in [2.75, 3.05) is 27.2 Å². The smallest absolute Gasteiger partial charge is 0.256 e. The predicted molar refractivity (Wildman–Crippen MR) is 103 cm³/mol. The van der Waals surface area contributed by atoms with Gasteiger partial charge in [0.15, 0.2) is 5.60 Å². The summed E-state index contributed by atoms with van der Waals surface area (Å²) in [6, 6.07) is 6.51. The lowest BCUT2D eigenvalue weighted by Gasteiger charge is -2.40. The summed E-state index contributed by atoms with van der Waals surface area (Å²) in [5.41, 5.74) is 0.0986. The number of nitrogens with zero attached hydrogens (tertiary/aromatic N) is 2. The van der Waals surface area contributed by atoms with E-state index in [1.54, 1.807) is 28.4 Å². The van der Waals surface area contributed by atoms with Crippen molar-refractivity contribution < 1.29 is 19.0 Å². The van der Waals surface area contributed by atoms with Crippen molar-refractivity contribution in [3.63, 3.8) is 0 Å². The first-order valence-electron chi connectivity index (χ1n) is 8.95. The first-order chi connectivity index (χ1) is 12.9. The van der Waals surface area contributed by atoms with E-state index in [0.717, 1.165) is 5.56 Å². The Morgan fingerprint density at radius 2 is 2.22 bits per heavy atom. The first kappa shape index (κ1) is 19.8. The van der Waals surface area contributed by atoms with Crippen LogP contribution in [0.5, 0.6) is 5.75 Å². The van der Waals surface area contributed by atoms with Crippen LogP contribution >= 0.6 is 11.3 Å². The molecule has 0 aliphatic carbocycles. The molecule has 1 aliphatic rings. The fraction of sp³-hybridized carbons (Fsp3) is 0.450. The van der Waals surface area contributed by atoms with Crippen LogP contribution in [-0.2, 0) is 17.9 Å². The number of benzene rings is 1. The van der Waals surface area contributed by atoms with Crippen LogP contribution in [0.25, 0.3) is 0 Å². The number of amides is 1. The van der Waals surface area contributed by atoms with E-state index in [-0.39, 0.29) is 24.8 Å². The van der Waals surface area contributed by atoms with E-state index in [1.165, 1.54) is 13.2 Å². The van der Waals surface area contributed by atoms with Gasteiger partial charge in [0.2, 0.25) is 0 Å². The lowest BCUT2D eigenvalue weighted by molar-refractivity contribution is -0.160. The Labute approximate surface area is 163 Å². The van der Waals surface area contributed by atoms with Crippen molar-refractivity contribution in [1.29, 1.82) is 0 Å². The molecule has 7 heteroatoms.